The van der Waals surface area contributed by atoms with Crippen LogP contribution in [0.1, 0.15) is 29.9 Å². The fourth-order valence-electron chi connectivity index (χ4n) is 1.97. The van der Waals surface area contributed by atoms with Crippen LogP contribution in [0.5, 0.6) is 0 Å². The summed E-state index contributed by atoms with van der Waals surface area (Å²) in [5.74, 6) is -0.910. The molecule has 0 aliphatic carbocycles. The average molecular weight is 341 g/mol. The van der Waals surface area contributed by atoms with E-state index in [0.717, 1.165) is 31.2 Å². The second kappa shape index (κ2) is 7.20. The summed E-state index contributed by atoms with van der Waals surface area (Å²) in [5.41, 5.74) is -0.723. The summed E-state index contributed by atoms with van der Waals surface area (Å²) in [7, 11) is 0. The first-order valence-electron chi connectivity index (χ1n) is 6.92. The number of esters is 1. The lowest BCUT2D eigenvalue weighted by molar-refractivity contribution is -0.154. The quantitative estimate of drug-likeness (QED) is 0.848. The van der Waals surface area contributed by atoms with Gasteiger partial charge in [-0.15, -0.1) is 0 Å². The first kappa shape index (κ1) is 17.6. The van der Waals surface area contributed by atoms with Crippen LogP contribution in [-0.4, -0.2) is 11.9 Å². The number of ether oxygens (including phenoxy) is 1. The van der Waals surface area contributed by atoms with Crippen molar-refractivity contribution in [3.05, 3.63) is 59.5 Å². The van der Waals surface area contributed by atoms with Crippen LogP contribution in [0.3, 0.4) is 0 Å². The van der Waals surface area contributed by atoms with Gasteiger partial charge in [0, 0.05) is 12.5 Å². The fourth-order valence-corrected chi connectivity index (χ4v) is 1.97. The molecule has 0 aliphatic rings. The molecule has 5 nitrogen and oxygen atoms in total. The number of alkyl halides is 3. The van der Waals surface area contributed by atoms with Crippen molar-refractivity contribution in [1.29, 1.82) is 0 Å². The predicted molar refractivity (Wildman–Crippen MR) is 76.5 cm³/mol. The summed E-state index contributed by atoms with van der Waals surface area (Å²) >= 11 is 0. The van der Waals surface area contributed by atoms with Gasteiger partial charge in [-0.3, -0.25) is 9.59 Å². The molecule has 1 N–H and O–H groups in total. The van der Waals surface area contributed by atoms with E-state index in [-0.39, 0.29) is 12.1 Å². The predicted octanol–water partition coefficient (Wildman–Crippen LogP) is 3.22. The third kappa shape index (κ3) is 4.61. The highest BCUT2D eigenvalue weighted by atomic mass is 19.4. The summed E-state index contributed by atoms with van der Waals surface area (Å²) < 4.78 is 47.8. The van der Waals surface area contributed by atoms with E-state index in [2.05, 4.69) is 5.32 Å². The number of hydrogen-bond acceptors (Lipinski definition) is 4. The lowest BCUT2D eigenvalue weighted by Gasteiger charge is -2.17. The highest BCUT2D eigenvalue weighted by molar-refractivity contribution is 5.84. The number of rotatable bonds is 5. The number of carbonyl (C=O) groups excluding carboxylic acids is 2. The molecule has 2 aromatic rings. The molecule has 8 heteroatoms. The molecule has 24 heavy (non-hydrogen) atoms. The second-order valence-electron chi connectivity index (χ2n) is 4.91. The SMILES string of the molecule is CC(=O)O[C@@H](C(=O)NCc1ccco1)c1ccc(C(F)(F)F)cc1. The molecule has 0 spiro atoms. The standard InChI is InChI=1S/C16H14F3NO4/c1-10(21)24-14(15(22)20-9-13-3-2-8-23-13)11-4-6-12(7-5-11)16(17,18)19/h2-8,14H,9H2,1H3,(H,20,22)/t14-/m1/s1. The van der Waals surface area contributed by atoms with Crippen molar-refractivity contribution in [3.63, 3.8) is 0 Å². The molecule has 1 amide bonds. The van der Waals surface area contributed by atoms with Crippen LogP contribution >= 0.6 is 0 Å². The molecule has 0 unspecified atom stereocenters. The Bertz CT molecular complexity index is 693. The van der Waals surface area contributed by atoms with Gasteiger partial charge in [0.05, 0.1) is 18.4 Å². The third-order valence-corrected chi connectivity index (χ3v) is 3.08. The topological polar surface area (TPSA) is 68.5 Å². The van der Waals surface area contributed by atoms with Crippen LogP contribution in [0.2, 0.25) is 0 Å². The van der Waals surface area contributed by atoms with Gasteiger partial charge in [-0.1, -0.05) is 12.1 Å². The molecule has 0 saturated heterocycles. The molecule has 0 aliphatic heterocycles. The van der Waals surface area contributed by atoms with Gasteiger partial charge in [0.15, 0.2) is 0 Å². The molecule has 0 saturated carbocycles. The van der Waals surface area contributed by atoms with Gasteiger partial charge in [0.25, 0.3) is 5.91 Å². The minimum Gasteiger partial charge on any atom is -0.467 e. The summed E-state index contributed by atoms with van der Waals surface area (Å²) in [6.45, 7) is 1.17. The molecule has 0 bridgehead atoms. The maximum atomic E-state index is 12.6. The van der Waals surface area contributed by atoms with E-state index in [1.165, 1.54) is 6.26 Å². The normalized spacial score (nSPS) is 12.5. The Morgan fingerprint density at radius 1 is 1.21 bits per heavy atom. The Hall–Kier alpha value is -2.77. The van der Waals surface area contributed by atoms with E-state index in [1.807, 2.05) is 0 Å². The first-order valence-corrected chi connectivity index (χ1v) is 6.92. The second-order valence-corrected chi connectivity index (χ2v) is 4.91. The first-order chi connectivity index (χ1) is 11.3. The van der Waals surface area contributed by atoms with Gasteiger partial charge < -0.3 is 14.5 Å². The van der Waals surface area contributed by atoms with Crippen LogP contribution in [-0.2, 0) is 27.0 Å². The Balaban J connectivity index is 2.14. The van der Waals surface area contributed by atoms with E-state index in [1.54, 1.807) is 12.1 Å². The third-order valence-electron chi connectivity index (χ3n) is 3.08. The van der Waals surface area contributed by atoms with Crippen molar-refractivity contribution in [3.8, 4) is 0 Å². The smallest absolute Gasteiger partial charge is 0.416 e. The van der Waals surface area contributed by atoms with Crippen molar-refractivity contribution in [2.24, 2.45) is 0 Å². The van der Waals surface area contributed by atoms with E-state index in [9.17, 15) is 22.8 Å². The molecule has 0 fully saturated rings. The Kier molecular flexibility index (Phi) is 5.28. The summed E-state index contributed by atoms with van der Waals surface area (Å²) in [5, 5.41) is 2.50. The van der Waals surface area contributed by atoms with E-state index in [4.69, 9.17) is 9.15 Å². The van der Waals surface area contributed by atoms with Crippen molar-refractivity contribution in [2.75, 3.05) is 0 Å². The molecular formula is C16H14F3NO4. The maximum Gasteiger partial charge on any atom is 0.416 e. The van der Waals surface area contributed by atoms with Gasteiger partial charge in [-0.05, 0) is 24.3 Å². The molecular weight excluding hydrogens is 327 g/mol. The Morgan fingerprint density at radius 3 is 2.38 bits per heavy atom. The number of halogens is 3. The minimum absolute atomic E-state index is 0.0598. The molecule has 1 aromatic carbocycles. The summed E-state index contributed by atoms with van der Waals surface area (Å²) in [4.78, 5) is 23.4. The zero-order valence-electron chi connectivity index (χ0n) is 12.6. The number of nitrogens with one attached hydrogen (secondary N) is 1. The number of carbonyl (C=O) groups is 2. The molecule has 1 atom stereocenters. The highest BCUT2D eigenvalue weighted by Gasteiger charge is 2.31. The summed E-state index contributed by atoms with van der Waals surface area (Å²) in [6, 6.07) is 7.13. The van der Waals surface area contributed by atoms with Crippen LogP contribution in [0.25, 0.3) is 0 Å². The van der Waals surface area contributed by atoms with E-state index in [0.29, 0.717) is 5.76 Å². The molecule has 1 heterocycles. The molecule has 0 radical (unpaired) electrons. The number of amides is 1. The van der Waals surface area contributed by atoms with Crippen LogP contribution in [0.15, 0.2) is 47.1 Å². The van der Waals surface area contributed by atoms with Gasteiger partial charge in [-0.25, -0.2) is 0 Å². The van der Waals surface area contributed by atoms with Crippen molar-refractivity contribution in [2.45, 2.75) is 25.7 Å². The lowest BCUT2D eigenvalue weighted by atomic mass is 10.1. The van der Waals surface area contributed by atoms with E-state index < -0.39 is 29.7 Å². The van der Waals surface area contributed by atoms with Crippen molar-refractivity contribution >= 4 is 11.9 Å². The fraction of sp³-hybridized carbons (Fsp3) is 0.250. The number of hydrogen-bond donors (Lipinski definition) is 1. The Labute approximate surface area is 135 Å². The van der Waals surface area contributed by atoms with Gasteiger partial charge in [0.2, 0.25) is 6.10 Å². The molecule has 1 aromatic heterocycles. The van der Waals surface area contributed by atoms with Crippen LogP contribution in [0, 0.1) is 0 Å². The van der Waals surface area contributed by atoms with E-state index >= 15 is 0 Å². The van der Waals surface area contributed by atoms with Gasteiger partial charge in [-0.2, -0.15) is 13.2 Å². The highest BCUT2D eigenvalue weighted by Crippen LogP contribution is 2.30. The van der Waals surface area contributed by atoms with Gasteiger partial charge in [0.1, 0.15) is 5.76 Å². The van der Waals surface area contributed by atoms with Crippen LogP contribution < -0.4 is 5.32 Å². The molecule has 2 rings (SSSR count). The average Bonchev–Trinajstić information content (AvgIpc) is 3.03. The van der Waals surface area contributed by atoms with Gasteiger partial charge >= 0.3 is 12.1 Å². The number of benzene rings is 1. The minimum atomic E-state index is -4.49. The lowest BCUT2D eigenvalue weighted by Crippen LogP contribution is -2.31. The molecule has 128 valence electrons. The van der Waals surface area contributed by atoms with Crippen molar-refractivity contribution in [1.82, 2.24) is 5.32 Å². The Morgan fingerprint density at radius 2 is 1.88 bits per heavy atom. The number of furan rings is 1. The van der Waals surface area contributed by atoms with Crippen molar-refractivity contribution < 1.29 is 31.9 Å². The van der Waals surface area contributed by atoms with Crippen LogP contribution in [0.4, 0.5) is 13.2 Å². The zero-order valence-corrected chi connectivity index (χ0v) is 12.6. The summed E-state index contributed by atoms with van der Waals surface area (Å²) in [6.07, 6.45) is -4.41. The maximum absolute atomic E-state index is 12.6. The monoisotopic (exact) mass is 341 g/mol. The zero-order chi connectivity index (χ0) is 17.7. The largest absolute Gasteiger partial charge is 0.467 e.